The first kappa shape index (κ1) is 18.5. The molecule has 0 radical (unpaired) electrons. The summed E-state index contributed by atoms with van der Waals surface area (Å²) in [6.45, 7) is 15.0. The third-order valence-corrected chi connectivity index (χ3v) is 9.56. The van der Waals surface area contributed by atoms with E-state index in [0.717, 1.165) is 85.1 Å². The molecule has 3 fully saturated rings. The number of morpholine rings is 3. The summed E-state index contributed by atoms with van der Waals surface area (Å²) < 4.78 is 25.1. The van der Waals surface area contributed by atoms with Crippen LogP contribution in [0.25, 0.3) is 0 Å². The van der Waals surface area contributed by atoms with Crippen LogP contribution in [0.15, 0.2) is 24.8 Å². The number of hydrogen-bond donors (Lipinski definition) is 0. The van der Waals surface area contributed by atoms with Crippen molar-refractivity contribution in [3.63, 3.8) is 0 Å². The minimum absolute atomic E-state index is 0.835. The second kappa shape index (κ2) is 9.39. The van der Waals surface area contributed by atoms with E-state index >= 15 is 0 Å². The average molecular weight is 356 g/mol. The van der Waals surface area contributed by atoms with Gasteiger partial charge in [0.2, 0.25) is 7.71 Å². The van der Waals surface area contributed by atoms with Crippen LogP contribution in [0.5, 0.6) is 0 Å². The Bertz CT molecular complexity index is 372. The van der Waals surface area contributed by atoms with Crippen molar-refractivity contribution in [2.45, 2.75) is 0 Å². The van der Waals surface area contributed by atoms with E-state index in [9.17, 15) is 0 Å². The average Bonchev–Trinajstić information content (AvgIpc) is 2.68. The first-order chi connectivity index (χ1) is 11.9. The van der Waals surface area contributed by atoms with Crippen LogP contribution < -0.4 is 0 Å². The van der Waals surface area contributed by atoms with Gasteiger partial charge in [-0.1, -0.05) is 18.7 Å². The third kappa shape index (κ3) is 4.07. The van der Waals surface area contributed by atoms with Crippen LogP contribution in [0.2, 0.25) is 0 Å². The van der Waals surface area contributed by atoms with Gasteiger partial charge in [0.25, 0.3) is 0 Å². The monoisotopic (exact) mass is 356 g/mol. The second-order valence-electron chi connectivity index (χ2n) is 6.24. The predicted octanol–water partition coefficient (Wildman–Crippen LogP) is 1.49. The van der Waals surface area contributed by atoms with Crippen molar-refractivity contribution >= 4 is 7.71 Å². The SMILES string of the molecule is C=C/C=C/C[P+](N1CCOCC1)(N1CCOCC1)N1CCOCC1. The van der Waals surface area contributed by atoms with Gasteiger partial charge in [-0.05, 0) is 6.08 Å². The summed E-state index contributed by atoms with van der Waals surface area (Å²) in [6, 6.07) is 0. The highest BCUT2D eigenvalue weighted by molar-refractivity contribution is 7.69. The second-order valence-corrected chi connectivity index (χ2v) is 9.68. The van der Waals surface area contributed by atoms with E-state index in [4.69, 9.17) is 14.2 Å². The molecule has 3 heterocycles. The van der Waals surface area contributed by atoms with Crippen molar-refractivity contribution in [3.8, 4) is 0 Å². The number of ether oxygens (including phenoxy) is 3. The predicted molar refractivity (Wildman–Crippen MR) is 98.3 cm³/mol. The van der Waals surface area contributed by atoms with Gasteiger partial charge in [-0.25, -0.2) is 0 Å². The van der Waals surface area contributed by atoms with Crippen molar-refractivity contribution < 1.29 is 14.2 Å². The lowest BCUT2D eigenvalue weighted by molar-refractivity contribution is 0.0354. The van der Waals surface area contributed by atoms with Gasteiger partial charge in [-0.3, -0.25) is 0 Å². The molecule has 7 heteroatoms. The van der Waals surface area contributed by atoms with Gasteiger partial charge >= 0.3 is 0 Å². The van der Waals surface area contributed by atoms with Crippen LogP contribution >= 0.6 is 7.71 Å². The Morgan fingerprint density at radius 2 is 1.08 bits per heavy atom. The molecule has 0 aromatic heterocycles. The summed E-state index contributed by atoms with van der Waals surface area (Å²) in [6.07, 6.45) is 7.35. The summed E-state index contributed by atoms with van der Waals surface area (Å²) in [7, 11) is -1.63. The minimum atomic E-state index is -1.63. The molecule has 6 nitrogen and oxygen atoms in total. The quantitative estimate of drug-likeness (QED) is 0.530. The van der Waals surface area contributed by atoms with E-state index in [-0.39, 0.29) is 0 Å². The van der Waals surface area contributed by atoms with Crippen LogP contribution in [0.4, 0.5) is 0 Å². The molecule has 3 aliphatic heterocycles. The van der Waals surface area contributed by atoms with Crippen molar-refractivity contribution in [2.75, 3.05) is 85.1 Å². The van der Waals surface area contributed by atoms with Crippen molar-refractivity contribution in [1.82, 2.24) is 14.0 Å². The van der Waals surface area contributed by atoms with Gasteiger partial charge < -0.3 is 14.2 Å². The Morgan fingerprint density at radius 1 is 0.708 bits per heavy atom. The molecule has 0 atom stereocenters. The van der Waals surface area contributed by atoms with Crippen LogP contribution in [-0.4, -0.2) is 99.1 Å². The van der Waals surface area contributed by atoms with Gasteiger partial charge in [-0.2, -0.15) is 0 Å². The number of allylic oxidation sites excluding steroid dienone is 3. The zero-order valence-corrected chi connectivity index (χ0v) is 15.5. The molecule has 3 rings (SSSR count). The zero-order valence-electron chi connectivity index (χ0n) is 14.6. The zero-order chi connectivity index (χ0) is 16.7. The highest BCUT2D eigenvalue weighted by atomic mass is 31.2. The van der Waals surface area contributed by atoms with Crippen LogP contribution in [0.3, 0.4) is 0 Å². The first-order valence-electron chi connectivity index (χ1n) is 9.03. The van der Waals surface area contributed by atoms with Gasteiger partial charge in [0.05, 0.1) is 78.9 Å². The molecule has 24 heavy (non-hydrogen) atoms. The van der Waals surface area contributed by atoms with Crippen molar-refractivity contribution in [2.24, 2.45) is 0 Å². The molecule has 0 saturated carbocycles. The topological polar surface area (TPSA) is 37.4 Å². The molecule has 0 aliphatic carbocycles. The number of nitrogens with zero attached hydrogens (tertiary/aromatic N) is 3. The Morgan fingerprint density at radius 3 is 1.42 bits per heavy atom. The molecular weight excluding hydrogens is 325 g/mol. The first-order valence-corrected chi connectivity index (χ1v) is 10.9. The molecule has 3 aliphatic rings. The minimum Gasteiger partial charge on any atom is -0.378 e. The van der Waals surface area contributed by atoms with Crippen LogP contribution in [0.1, 0.15) is 0 Å². The van der Waals surface area contributed by atoms with Crippen molar-refractivity contribution in [1.29, 1.82) is 0 Å². The fourth-order valence-electron chi connectivity index (χ4n) is 3.80. The van der Waals surface area contributed by atoms with E-state index in [1.165, 1.54) is 0 Å². The highest BCUT2D eigenvalue weighted by Gasteiger charge is 2.56. The molecule has 136 valence electrons. The number of rotatable bonds is 6. The standard InChI is InChI=1S/C17H31N3O3P/c1-2-3-4-17-24(18-5-11-21-12-6-18,19-7-13-22-14-8-19)20-9-15-23-16-10-20/h2-4H,1,5-17H2/q+1/b4-3+. The van der Waals surface area contributed by atoms with E-state index < -0.39 is 7.71 Å². The lowest BCUT2D eigenvalue weighted by Gasteiger charge is -2.50. The molecule has 0 unspecified atom stereocenters. The largest absolute Gasteiger partial charge is 0.378 e. The summed E-state index contributed by atoms with van der Waals surface area (Å²) >= 11 is 0. The van der Waals surface area contributed by atoms with E-state index in [2.05, 4.69) is 32.7 Å². The maximum atomic E-state index is 5.65. The molecule has 0 aromatic rings. The fourth-order valence-corrected chi connectivity index (χ4v) is 8.39. The third-order valence-electron chi connectivity index (χ3n) is 4.94. The van der Waals surface area contributed by atoms with Gasteiger partial charge in [0.1, 0.15) is 6.16 Å². The maximum Gasteiger partial charge on any atom is 0.231 e. The molecule has 0 aromatic carbocycles. The Hall–Kier alpha value is -0.330. The van der Waals surface area contributed by atoms with E-state index in [1.54, 1.807) is 0 Å². The Kier molecular flexibility index (Phi) is 7.22. The lowest BCUT2D eigenvalue weighted by Crippen LogP contribution is -2.54. The lowest BCUT2D eigenvalue weighted by atomic mass is 10.5. The summed E-state index contributed by atoms with van der Waals surface area (Å²) in [4.78, 5) is 0. The summed E-state index contributed by atoms with van der Waals surface area (Å²) in [5.74, 6) is 0. The molecular formula is C17H31N3O3P+. The van der Waals surface area contributed by atoms with E-state index in [0.29, 0.717) is 0 Å². The smallest absolute Gasteiger partial charge is 0.231 e. The number of hydrogen-bond acceptors (Lipinski definition) is 6. The van der Waals surface area contributed by atoms with E-state index in [1.807, 2.05) is 6.08 Å². The molecule has 0 spiro atoms. The maximum absolute atomic E-state index is 5.65. The molecule has 3 saturated heterocycles. The van der Waals surface area contributed by atoms with Crippen LogP contribution in [0, 0.1) is 0 Å². The molecule has 0 bridgehead atoms. The fraction of sp³-hybridized carbons (Fsp3) is 0.765. The highest BCUT2D eigenvalue weighted by Crippen LogP contribution is 2.67. The molecule has 0 amide bonds. The summed E-state index contributed by atoms with van der Waals surface area (Å²) in [5, 5.41) is 0. The van der Waals surface area contributed by atoms with Gasteiger partial charge in [0, 0.05) is 0 Å². The summed E-state index contributed by atoms with van der Waals surface area (Å²) in [5.41, 5.74) is 0. The Balaban J connectivity index is 1.91. The van der Waals surface area contributed by atoms with Gasteiger partial charge in [0.15, 0.2) is 0 Å². The van der Waals surface area contributed by atoms with Crippen LogP contribution in [-0.2, 0) is 14.2 Å². The van der Waals surface area contributed by atoms with Crippen molar-refractivity contribution in [3.05, 3.63) is 24.8 Å². The Labute approximate surface area is 146 Å². The normalized spacial score (nSPS) is 26.0. The van der Waals surface area contributed by atoms with Gasteiger partial charge in [-0.15, -0.1) is 14.0 Å². The molecule has 0 N–H and O–H groups in total.